The lowest BCUT2D eigenvalue weighted by Gasteiger charge is -2.10. The highest BCUT2D eigenvalue weighted by molar-refractivity contribution is 5.92. The fourth-order valence-corrected chi connectivity index (χ4v) is 2.97. The number of benzene rings is 3. The van der Waals surface area contributed by atoms with Gasteiger partial charge in [0.2, 0.25) is 5.82 Å². The zero-order valence-electron chi connectivity index (χ0n) is 17.6. The molecule has 162 valence electrons. The van der Waals surface area contributed by atoms with Crippen LogP contribution in [0.5, 0.6) is 17.2 Å². The molecule has 0 aliphatic carbocycles. The number of amides is 1. The summed E-state index contributed by atoms with van der Waals surface area (Å²) in [6, 6.07) is 21.6. The van der Waals surface area contributed by atoms with Crippen molar-refractivity contribution in [2.24, 2.45) is 0 Å². The van der Waals surface area contributed by atoms with Gasteiger partial charge in [-0.15, -0.1) is 0 Å². The van der Waals surface area contributed by atoms with Gasteiger partial charge in [-0.3, -0.25) is 4.79 Å². The van der Waals surface area contributed by atoms with Gasteiger partial charge in [-0.2, -0.15) is 4.98 Å². The molecule has 8 nitrogen and oxygen atoms in total. The number of ether oxygens (including phenoxy) is 3. The van der Waals surface area contributed by atoms with Crippen LogP contribution in [0.1, 0.15) is 0 Å². The minimum atomic E-state index is -0.289. The number of nitrogens with zero attached hydrogens (tertiary/aromatic N) is 2. The molecule has 1 amide bonds. The Morgan fingerprint density at radius 3 is 2.25 bits per heavy atom. The zero-order valence-corrected chi connectivity index (χ0v) is 17.6. The van der Waals surface area contributed by atoms with E-state index >= 15 is 0 Å². The molecule has 1 aromatic heterocycles. The Morgan fingerprint density at radius 2 is 1.56 bits per heavy atom. The number of carbonyl (C=O) groups excluding carboxylic acids is 1. The molecule has 4 rings (SSSR count). The van der Waals surface area contributed by atoms with Crippen LogP contribution in [0.2, 0.25) is 0 Å². The number of aromatic nitrogens is 2. The Hall–Kier alpha value is -4.33. The van der Waals surface area contributed by atoms with E-state index in [1.807, 2.05) is 36.4 Å². The van der Waals surface area contributed by atoms with Crippen molar-refractivity contribution in [3.63, 3.8) is 0 Å². The van der Waals surface area contributed by atoms with Crippen molar-refractivity contribution in [1.82, 2.24) is 10.1 Å². The highest BCUT2D eigenvalue weighted by Gasteiger charge is 2.12. The van der Waals surface area contributed by atoms with Crippen LogP contribution in [0.4, 0.5) is 5.69 Å². The number of hydrogen-bond acceptors (Lipinski definition) is 7. The van der Waals surface area contributed by atoms with Crippen molar-refractivity contribution in [2.45, 2.75) is 0 Å². The largest absolute Gasteiger partial charge is 0.497 e. The van der Waals surface area contributed by atoms with Gasteiger partial charge in [0.15, 0.2) is 18.1 Å². The Kier molecular flexibility index (Phi) is 6.31. The second-order valence-corrected chi connectivity index (χ2v) is 6.72. The van der Waals surface area contributed by atoms with Crippen LogP contribution in [0, 0.1) is 0 Å². The van der Waals surface area contributed by atoms with Gasteiger partial charge in [0.05, 0.1) is 14.2 Å². The molecule has 1 heterocycles. The lowest BCUT2D eigenvalue weighted by molar-refractivity contribution is -0.118. The lowest BCUT2D eigenvalue weighted by atomic mass is 10.2. The molecule has 0 saturated carbocycles. The normalized spacial score (nSPS) is 10.4. The van der Waals surface area contributed by atoms with Crippen LogP contribution in [-0.2, 0) is 4.79 Å². The summed E-state index contributed by atoms with van der Waals surface area (Å²) in [5.74, 6) is 2.40. The average Bonchev–Trinajstić information content (AvgIpc) is 3.34. The molecule has 1 N–H and O–H groups in total. The van der Waals surface area contributed by atoms with Gasteiger partial charge >= 0.3 is 0 Å². The van der Waals surface area contributed by atoms with E-state index in [1.165, 1.54) is 0 Å². The number of anilines is 1. The van der Waals surface area contributed by atoms with Crippen LogP contribution in [0.25, 0.3) is 22.8 Å². The molecule has 32 heavy (non-hydrogen) atoms. The number of carbonyl (C=O) groups is 1. The van der Waals surface area contributed by atoms with Crippen molar-refractivity contribution in [3.8, 4) is 40.1 Å². The highest BCUT2D eigenvalue weighted by Crippen LogP contribution is 2.26. The minimum absolute atomic E-state index is 0.142. The Balaban J connectivity index is 1.37. The first-order chi connectivity index (χ1) is 15.7. The van der Waals surface area contributed by atoms with Crippen LogP contribution >= 0.6 is 0 Å². The second-order valence-electron chi connectivity index (χ2n) is 6.72. The molecular formula is C24H21N3O5. The van der Waals surface area contributed by atoms with Gasteiger partial charge in [0, 0.05) is 16.8 Å². The number of rotatable bonds is 8. The molecule has 4 aromatic rings. The highest BCUT2D eigenvalue weighted by atomic mass is 16.5. The van der Waals surface area contributed by atoms with Gasteiger partial charge in [-0.1, -0.05) is 17.3 Å². The third-order valence-electron chi connectivity index (χ3n) is 4.62. The van der Waals surface area contributed by atoms with Gasteiger partial charge in [0.25, 0.3) is 11.8 Å². The van der Waals surface area contributed by atoms with E-state index in [0.29, 0.717) is 28.9 Å². The molecule has 0 unspecified atom stereocenters. The quantitative estimate of drug-likeness (QED) is 0.441. The summed E-state index contributed by atoms with van der Waals surface area (Å²) in [6.45, 7) is -0.142. The fraction of sp³-hybridized carbons (Fsp3) is 0.125. The standard InChI is InChI=1S/C24H21N3O5/c1-29-19-13-9-16(10-14-19)23-26-24(32-27-23)17-7-11-18(12-8-17)25-22(28)15-31-21-6-4-3-5-20(21)30-2/h3-14H,15H2,1-2H3,(H,25,28). The molecular weight excluding hydrogens is 410 g/mol. The Bertz CT molecular complexity index is 1190. The van der Waals surface area contributed by atoms with E-state index in [4.69, 9.17) is 18.7 Å². The lowest BCUT2D eigenvalue weighted by Crippen LogP contribution is -2.20. The van der Waals surface area contributed by atoms with E-state index < -0.39 is 0 Å². The number of nitrogens with one attached hydrogen (secondary N) is 1. The van der Waals surface area contributed by atoms with E-state index in [-0.39, 0.29) is 12.5 Å². The molecule has 0 aliphatic rings. The molecule has 0 spiro atoms. The summed E-state index contributed by atoms with van der Waals surface area (Å²) in [6.07, 6.45) is 0. The molecule has 0 fully saturated rings. The predicted octanol–water partition coefficient (Wildman–Crippen LogP) is 4.44. The molecule has 0 atom stereocenters. The Labute approximate surface area is 184 Å². The van der Waals surface area contributed by atoms with Crippen LogP contribution in [-0.4, -0.2) is 36.9 Å². The van der Waals surface area contributed by atoms with Crippen molar-refractivity contribution >= 4 is 11.6 Å². The maximum Gasteiger partial charge on any atom is 0.262 e. The zero-order chi connectivity index (χ0) is 22.3. The van der Waals surface area contributed by atoms with Gasteiger partial charge in [0.1, 0.15) is 5.75 Å². The maximum absolute atomic E-state index is 12.2. The number of para-hydroxylation sites is 2. The summed E-state index contributed by atoms with van der Waals surface area (Å²) in [5, 5.41) is 6.82. The van der Waals surface area contributed by atoms with Gasteiger partial charge in [-0.25, -0.2) is 0 Å². The summed E-state index contributed by atoms with van der Waals surface area (Å²) >= 11 is 0. The molecule has 8 heteroatoms. The topological polar surface area (TPSA) is 95.7 Å². The maximum atomic E-state index is 12.2. The van der Waals surface area contributed by atoms with E-state index in [1.54, 1.807) is 50.6 Å². The molecule has 3 aromatic carbocycles. The fourth-order valence-electron chi connectivity index (χ4n) is 2.97. The van der Waals surface area contributed by atoms with Crippen molar-refractivity contribution in [3.05, 3.63) is 72.8 Å². The number of methoxy groups -OCH3 is 2. The van der Waals surface area contributed by atoms with Crippen LogP contribution in [0.15, 0.2) is 77.3 Å². The molecule has 0 radical (unpaired) electrons. The molecule has 0 aliphatic heterocycles. The van der Waals surface area contributed by atoms with Crippen LogP contribution in [0.3, 0.4) is 0 Å². The second kappa shape index (κ2) is 9.65. The van der Waals surface area contributed by atoms with Crippen molar-refractivity contribution < 1.29 is 23.5 Å². The minimum Gasteiger partial charge on any atom is -0.497 e. The summed E-state index contributed by atoms with van der Waals surface area (Å²) in [7, 11) is 3.16. The van der Waals surface area contributed by atoms with Crippen molar-refractivity contribution in [1.29, 1.82) is 0 Å². The first kappa shape index (κ1) is 20.9. The monoisotopic (exact) mass is 431 g/mol. The Morgan fingerprint density at radius 1 is 0.875 bits per heavy atom. The van der Waals surface area contributed by atoms with Gasteiger partial charge < -0.3 is 24.1 Å². The smallest absolute Gasteiger partial charge is 0.262 e. The third-order valence-corrected chi connectivity index (χ3v) is 4.62. The third kappa shape index (κ3) is 4.86. The SMILES string of the molecule is COc1ccc(-c2noc(-c3ccc(NC(=O)COc4ccccc4OC)cc3)n2)cc1. The number of hydrogen-bond donors (Lipinski definition) is 1. The van der Waals surface area contributed by atoms with Crippen LogP contribution < -0.4 is 19.5 Å². The van der Waals surface area contributed by atoms with E-state index in [9.17, 15) is 4.79 Å². The van der Waals surface area contributed by atoms with E-state index in [0.717, 1.165) is 16.9 Å². The molecule has 0 bridgehead atoms. The van der Waals surface area contributed by atoms with E-state index in [2.05, 4.69) is 15.5 Å². The average molecular weight is 431 g/mol. The molecule has 0 saturated heterocycles. The summed E-state index contributed by atoms with van der Waals surface area (Å²) in [4.78, 5) is 16.7. The van der Waals surface area contributed by atoms with Crippen molar-refractivity contribution in [2.75, 3.05) is 26.1 Å². The first-order valence-corrected chi connectivity index (χ1v) is 9.80. The van der Waals surface area contributed by atoms with Gasteiger partial charge in [-0.05, 0) is 60.7 Å². The summed E-state index contributed by atoms with van der Waals surface area (Å²) in [5.41, 5.74) is 2.18. The predicted molar refractivity (Wildman–Crippen MR) is 119 cm³/mol. The summed E-state index contributed by atoms with van der Waals surface area (Å²) < 4.78 is 21.3. The first-order valence-electron chi connectivity index (χ1n) is 9.80.